The Hall–Kier alpha value is -2.52. The molecule has 0 spiro atoms. The molecule has 3 aromatic rings. The highest BCUT2D eigenvalue weighted by Gasteiger charge is 2.55. The molecule has 5 rings (SSSR count). The molecule has 152 valence electrons. The molecule has 1 aromatic carbocycles. The van der Waals surface area contributed by atoms with E-state index in [0.29, 0.717) is 35.0 Å². The molecule has 8 nitrogen and oxygen atoms in total. The molecule has 0 radical (unpaired) electrons. The van der Waals surface area contributed by atoms with Crippen molar-refractivity contribution >= 4 is 20.9 Å². The molecule has 2 aromatic heterocycles. The summed E-state index contributed by atoms with van der Waals surface area (Å²) in [5.41, 5.74) is 2.64. The molecule has 2 fully saturated rings. The van der Waals surface area contributed by atoms with Gasteiger partial charge in [0.1, 0.15) is 15.9 Å². The Morgan fingerprint density at radius 2 is 2.00 bits per heavy atom. The lowest BCUT2D eigenvalue weighted by molar-refractivity contribution is 0.121. The van der Waals surface area contributed by atoms with Gasteiger partial charge >= 0.3 is 0 Å². The molecule has 2 N–H and O–H groups in total. The first kappa shape index (κ1) is 18.5. The van der Waals surface area contributed by atoms with Gasteiger partial charge < -0.3 is 4.74 Å². The predicted octanol–water partition coefficient (Wildman–Crippen LogP) is 2.43. The second-order valence-corrected chi connectivity index (χ2v) is 10.2. The van der Waals surface area contributed by atoms with E-state index in [2.05, 4.69) is 25.5 Å². The van der Waals surface area contributed by atoms with Gasteiger partial charge in [-0.2, -0.15) is 5.10 Å². The SMILES string of the molecule is Cc1n[nH]c(C)c1S(=O)(=O)C12CCC(CC(Oc3cnc4ccccc4n3)C1)N2. The highest BCUT2D eigenvalue weighted by molar-refractivity contribution is 7.93. The maximum absolute atomic E-state index is 13.6. The number of nitrogens with one attached hydrogen (secondary N) is 2. The Kier molecular flexibility index (Phi) is 4.15. The van der Waals surface area contributed by atoms with E-state index < -0.39 is 14.7 Å². The van der Waals surface area contributed by atoms with Crippen molar-refractivity contribution in [2.45, 2.75) is 61.4 Å². The molecule has 0 aliphatic carbocycles. The van der Waals surface area contributed by atoms with Gasteiger partial charge in [-0.05, 0) is 45.2 Å². The quantitative estimate of drug-likeness (QED) is 0.676. The fourth-order valence-corrected chi connectivity index (χ4v) is 7.13. The molecule has 29 heavy (non-hydrogen) atoms. The molecule has 2 aliphatic rings. The topological polar surface area (TPSA) is 110 Å². The Bertz CT molecular complexity index is 1170. The highest BCUT2D eigenvalue weighted by atomic mass is 32.2. The van der Waals surface area contributed by atoms with Crippen molar-refractivity contribution in [1.29, 1.82) is 0 Å². The Labute approximate surface area is 169 Å². The van der Waals surface area contributed by atoms with Gasteiger partial charge in [0.25, 0.3) is 0 Å². The van der Waals surface area contributed by atoms with E-state index in [9.17, 15) is 8.42 Å². The van der Waals surface area contributed by atoms with Crippen LogP contribution in [0.1, 0.15) is 37.1 Å². The number of piperidine rings is 1. The number of hydrogen-bond donors (Lipinski definition) is 2. The predicted molar refractivity (Wildman–Crippen MR) is 107 cm³/mol. The summed E-state index contributed by atoms with van der Waals surface area (Å²) in [5.74, 6) is 0.429. The van der Waals surface area contributed by atoms with Crippen LogP contribution in [0.3, 0.4) is 0 Å². The number of benzene rings is 1. The monoisotopic (exact) mass is 413 g/mol. The summed E-state index contributed by atoms with van der Waals surface area (Å²) in [5, 5.41) is 10.3. The summed E-state index contributed by atoms with van der Waals surface area (Å²) in [4.78, 5) is 8.19. The lowest BCUT2D eigenvalue weighted by atomic mass is 10.0. The molecular formula is C20H23N5O3S. The number of fused-ring (bicyclic) bond motifs is 3. The number of aromatic nitrogens is 4. The van der Waals surface area contributed by atoms with Gasteiger partial charge in [-0.3, -0.25) is 10.4 Å². The summed E-state index contributed by atoms with van der Waals surface area (Å²) in [7, 11) is -3.63. The van der Waals surface area contributed by atoms with Crippen LogP contribution >= 0.6 is 0 Å². The number of ether oxygens (including phenoxy) is 1. The van der Waals surface area contributed by atoms with Crippen molar-refractivity contribution in [3.8, 4) is 5.88 Å². The third-order valence-electron chi connectivity index (χ3n) is 6.03. The van der Waals surface area contributed by atoms with Crippen molar-refractivity contribution in [2.24, 2.45) is 0 Å². The summed E-state index contributed by atoms with van der Waals surface area (Å²) in [6, 6.07) is 7.70. The Morgan fingerprint density at radius 1 is 1.21 bits per heavy atom. The van der Waals surface area contributed by atoms with Crippen LogP contribution in [-0.2, 0) is 9.84 Å². The van der Waals surface area contributed by atoms with Gasteiger partial charge in [-0.15, -0.1) is 0 Å². The van der Waals surface area contributed by atoms with Crippen LogP contribution < -0.4 is 10.1 Å². The zero-order valence-corrected chi connectivity index (χ0v) is 17.2. The van der Waals surface area contributed by atoms with Gasteiger partial charge in [0.05, 0.1) is 28.6 Å². The average Bonchev–Trinajstić information content (AvgIpc) is 3.21. The minimum atomic E-state index is -3.63. The largest absolute Gasteiger partial charge is 0.473 e. The van der Waals surface area contributed by atoms with E-state index in [4.69, 9.17) is 4.74 Å². The maximum Gasteiger partial charge on any atom is 0.233 e. The van der Waals surface area contributed by atoms with Gasteiger partial charge in [0.15, 0.2) is 0 Å². The molecule has 3 atom stereocenters. The van der Waals surface area contributed by atoms with E-state index in [1.165, 1.54) is 0 Å². The first-order valence-electron chi connectivity index (χ1n) is 9.80. The summed E-state index contributed by atoms with van der Waals surface area (Å²) < 4.78 is 33.4. The lowest BCUT2D eigenvalue weighted by Gasteiger charge is -2.38. The van der Waals surface area contributed by atoms with Gasteiger partial charge in [-0.1, -0.05) is 12.1 Å². The van der Waals surface area contributed by atoms with Crippen molar-refractivity contribution < 1.29 is 13.2 Å². The molecule has 4 heterocycles. The van der Waals surface area contributed by atoms with Crippen LogP contribution in [0, 0.1) is 13.8 Å². The molecule has 2 saturated heterocycles. The number of para-hydroxylation sites is 2. The summed E-state index contributed by atoms with van der Waals surface area (Å²) in [6.07, 6.45) is 3.84. The summed E-state index contributed by atoms with van der Waals surface area (Å²) in [6.45, 7) is 3.47. The average molecular weight is 414 g/mol. The second kappa shape index (κ2) is 6.50. The fraction of sp³-hybridized carbons (Fsp3) is 0.450. The normalized spacial score (nSPS) is 26.7. The first-order chi connectivity index (χ1) is 13.9. The van der Waals surface area contributed by atoms with Gasteiger partial charge in [-0.25, -0.2) is 18.4 Å². The van der Waals surface area contributed by atoms with Crippen molar-refractivity contribution in [2.75, 3.05) is 0 Å². The molecule has 3 unspecified atom stereocenters. The van der Waals surface area contributed by atoms with Crippen LogP contribution in [0.15, 0.2) is 35.4 Å². The molecule has 0 amide bonds. The molecule has 2 aliphatic heterocycles. The van der Waals surface area contributed by atoms with Crippen molar-refractivity contribution in [3.63, 3.8) is 0 Å². The van der Waals surface area contributed by atoms with Crippen molar-refractivity contribution in [1.82, 2.24) is 25.5 Å². The fourth-order valence-electron chi connectivity index (χ4n) is 4.74. The van der Waals surface area contributed by atoms with Crippen molar-refractivity contribution in [3.05, 3.63) is 41.9 Å². The zero-order valence-electron chi connectivity index (χ0n) is 16.3. The molecule has 2 bridgehead atoms. The van der Waals surface area contributed by atoms with E-state index >= 15 is 0 Å². The zero-order chi connectivity index (χ0) is 20.2. The Morgan fingerprint density at radius 3 is 2.76 bits per heavy atom. The number of hydrogen-bond acceptors (Lipinski definition) is 7. The van der Waals surface area contributed by atoms with E-state index in [-0.39, 0.29) is 12.1 Å². The molecule has 9 heteroatoms. The number of aromatic amines is 1. The number of sulfone groups is 1. The number of H-pyrrole nitrogens is 1. The third kappa shape index (κ3) is 2.91. The van der Waals surface area contributed by atoms with E-state index in [1.807, 2.05) is 24.3 Å². The second-order valence-electron chi connectivity index (χ2n) is 8.02. The maximum atomic E-state index is 13.6. The van der Waals surface area contributed by atoms with Crippen LogP contribution in [0.5, 0.6) is 5.88 Å². The van der Waals surface area contributed by atoms with E-state index in [1.54, 1.807) is 20.0 Å². The first-order valence-corrected chi connectivity index (χ1v) is 11.3. The smallest absolute Gasteiger partial charge is 0.233 e. The van der Waals surface area contributed by atoms with E-state index in [0.717, 1.165) is 23.9 Å². The van der Waals surface area contributed by atoms with Crippen LogP contribution in [0.4, 0.5) is 0 Å². The molecular weight excluding hydrogens is 390 g/mol. The molecule has 0 saturated carbocycles. The number of rotatable bonds is 4. The standard InChI is InChI=1S/C20H23N5O3S/c1-12-19(13(2)25-24-12)29(26,27)20-8-7-14(23-20)9-15(10-20)28-18-11-21-16-5-3-4-6-17(16)22-18/h3-6,11,14-15,23H,7-10H2,1-2H3,(H,24,25). The third-order valence-corrected chi connectivity index (χ3v) is 8.68. The minimum Gasteiger partial charge on any atom is -0.473 e. The minimum absolute atomic E-state index is 0.101. The number of aryl methyl sites for hydroxylation is 2. The summed E-state index contributed by atoms with van der Waals surface area (Å²) >= 11 is 0. The van der Waals surface area contributed by atoms with Gasteiger partial charge in [0.2, 0.25) is 15.7 Å². The lowest BCUT2D eigenvalue weighted by Crippen LogP contribution is -2.57. The van der Waals surface area contributed by atoms with Crippen LogP contribution in [-0.4, -0.2) is 45.6 Å². The van der Waals surface area contributed by atoms with Crippen LogP contribution in [0.2, 0.25) is 0 Å². The Balaban J connectivity index is 1.45. The van der Waals surface area contributed by atoms with Gasteiger partial charge in [0, 0.05) is 12.5 Å². The highest BCUT2D eigenvalue weighted by Crippen LogP contribution is 2.44. The van der Waals surface area contributed by atoms with Crippen LogP contribution in [0.25, 0.3) is 11.0 Å². The number of nitrogens with zero attached hydrogens (tertiary/aromatic N) is 3.